The minimum atomic E-state index is 0.231. The molecule has 0 atom stereocenters. The highest BCUT2D eigenvalue weighted by atomic mass is 16.6. The summed E-state index contributed by atoms with van der Waals surface area (Å²) in [7, 11) is 0. The van der Waals surface area contributed by atoms with E-state index in [2.05, 4.69) is 0 Å². The van der Waals surface area contributed by atoms with E-state index >= 15 is 0 Å². The molecule has 0 unspecified atom stereocenters. The number of ether oxygens (including phenoxy) is 10. The standard InChI is InChI=1S/C28H48O11/c1-26(2)38-23-21-36-19-17-34-15-13-32-11-9-30-7-8-31-10-12-33-14-16-35-18-20-37-22-24-39-28-5-3-27(25-29)4-6-28/h3-6,25-26H,7-24H2,1-2H3. The predicted molar refractivity (Wildman–Crippen MR) is 145 cm³/mol. The van der Waals surface area contributed by atoms with Gasteiger partial charge in [0.05, 0.1) is 118 Å². The summed E-state index contributed by atoms with van der Waals surface area (Å²) in [5.41, 5.74) is 0.621. The van der Waals surface area contributed by atoms with Gasteiger partial charge in [-0.15, -0.1) is 0 Å². The molecule has 0 amide bonds. The Balaban J connectivity index is 1.66. The molecule has 0 saturated heterocycles. The molecule has 0 aliphatic heterocycles. The minimum Gasteiger partial charge on any atom is -0.491 e. The highest BCUT2D eigenvalue weighted by Gasteiger charge is 1.97. The van der Waals surface area contributed by atoms with E-state index in [0.717, 1.165) is 6.29 Å². The summed E-state index contributed by atoms with van der Waals surface area (Å²) in [5.74, 6) is 0.707. The Morgan fingerprint density at radius 2 is 0.795 bits per heavy atom. The topological polar surface area (TPSA) is 109 Å². The van der Waals surface area contributed by atoms with Gasteiger partial charge in [0.15, 0.2) is 0 Å². The van der Waals surface area contributed by atoms with Gasteiger partial charge in [-0.1, -0.05) is 0 Å². The highest BCUT2D eigenvalue weighted by Crippen LogP contribution is 2.10. The second kappa shape index (κ2) is 27.9. The Hall–Kier alpha value is -1.67. The molecule has 0 fully saturated rings. The maximum absolute atomic E-state index is 10.6. The average molecular weight is 561 g/mol. The van der Waals surface area contributed by atoms with Crippen molar-refractivity contribution < 1.29 is 52.2 Å². The van der Waals surface area contributed by atoms with Gasteiger partial charge in [-0.05, 0) is 38.1 Å². The van der Waals surface area contributed by atoms with Crippen molar-refractivity contribution in [2.75, 3.05) is 119 Å². The normalized spacial score (nSPS) is 11.4. The third kappa shape index (κ3) is 25.1. The molecule has 1 aromatic carbocycles. The van der Waals surface area contributed by atoms with Crippen LogP contribution in [0.5, 0.6) is 5.75 Å². The molecule has 11 heteroatoms. The van der Waals surface area contributed by atoms with Crippen molar-refractivity contribution in [3.05, 3.63) is 29.8 Å². The quantitative estimate of drug-likeness (QED) is 0.102. The zero-order chi connectivity index (χ0) is 28.1. The molecule has 0 bridgehead atoms. The van der Waals surface area contributed by atoms with Crippen molar-refractivity contribution in [3.8, 4) is 5.75 Å². The van der Waals surface area contributed by atoms with Gasteiger partial charge in [-0.25, -0.2) is 0 Å². The maximum atomic E-state index is 10.6. The van der Waals surface area contributed by atoms with E-state index in [4.69, 9.17) is 47.4 Å². The zero-order valence-electron chi connectivity index (χ0n) is 23.7. The van der Waals surface area contributed by atoms with Crippen LogP contribution in [0.25, 0.3) is 0 Å². The number of aldehydes is 1. The summed E-state index contributed by atoms with van der Waals surface area (Å²) in [6.07, 6.45) is 1.03. The van der Waals surface area contributed by atoms with Gasteiger partial charge in [-0.2, -0.15) is 0 Å². The lowest BCUT2D eigenvalue weighted by atomic mass is 10.2. The molecule has 1 rings (SSSR count). The third-order valence-electron chi connectivity index (χ3n) is 4.80. The molecule has 0 aromatic heterocycles. The number of hydrogen-bond donors (Lipinski definition) is 0. The van der Waals surface area contributed by atoms with Crippen molar-refractivity contribution in [1.29, 1.82) is 0 Å². The Bertz CT molecular complexity index is 643. The lowest BCUT2D eigenvalue weighted by Gasteiger charge is -2.09. The molecule has 0 heterocycles. The number of rotatable bonds is 30. The first-order valence-corrected chi connectivity index (χ1v) is 13.6. The molecule has 0 saturated carbocycles. The fourth-order valence-electron chi connectivity index (χ4n) is 2.85. The van der Waals surface area contributed by atoms with Crippen molar-refractivity contribution in [3.63, 3.8) is 0 Å². The molecular formula is C28H48O11. The van der Waals surface area contributed by atoms with Gasteiger partial charge in [0, 0.05) is 5.56 Å². The van der Waals surface area contributed by atoms with E-state index in [0.29, 0.717) is 130 Å². The van der Waals surface area contributed by atoms with Gasteiger partial charge >= 0.3 is 0 Å². The summed E-state index contributed by atoms with van der Waals surface area (Å²) in [6, 6.07) is 6.94. The van der Waals surface area contributed by atoms with Crippen LogP contribution in [0, 0.1) is 0 Å². The summed E-state index contributed by atoms with van der Waals surface area (Å²) in [4.78, 5) is 10.6. The zero-order valence-corrected chi connectivity index (χ0v) is 23.7. The van der Waals surface area contributed by atoms with Gasteiger partial charge in [0.25, 0.3) is 0 Å². The lowest BCUT2D eigenvalue weighted by molar-refractivity contribution is -0.0271. The SMILES string of the molecule is CC(C)OCCOCCOCCOCCOCCOCCOCCOCCOCCOc1ccc(C=O)cc1. The first-order valence-electron chi connectivity index (χ1n) is 13.6. The summed E-state index contributed by atoms with van der Waals surface area (Å²) >= 11 is 0. The van der Waals surface area contributed by atoms with E-state index in [9.17, 15) is 4.79 Å². The van der Waals surface area contributed by atoms with E-state index in [-0.39, 0.29) is 6.10 Å². The van der Waals surface area contributed by atoms with E-state index in [1.54, 1.807) is 24.3 Å². The van der Waals surface area contributed by atoms with Crippen molar-refractivity contribution >= 4 is 6.29 Å². The largest absolute Gasteiger partial charge is 0.491 e. The molecule has 0 aliphatic rings. The first kappa shape index (κ1) is 35.4. The summed E-state index contributed by atoms with van der Waals surface area (Å²) in [5, 5.41) is 0. The van der Waals surface area contributed by atoms with E-state index in [1.165, 1.54) is 0 Å². The Morgan fingerprint density at radius 1 is 0.487 bits per heavy atom. The van der Waals surface area contributed by atoms with Gasteiger partial charge in [0.2, 0.25) is 0 Å². The van der Waals surface area contributed by atoms with Gasteiger partial charge in [0.1, 0.15) is 18.6 Å². The van der Waals surface area contributed by atoms with Crippen LogP contribution in [-0.2, 0) is 42.6 Å². The third-order valence-corrected chi connectivity index (χ3v) is 4.80. The fraction of sp³-hybridized carbons (Fsp3) is 0.750. The number of benzene rings is 1. The predicted octanol–water partition coefficient (Wildman–Crippen LogP) is 2.44. The van der Waals surface area contributed by atoms with Crippen LogP contribution in [0.3, 0.4) is 0 Å². The number of carbonyl (C=O) groups excluding carboxylic acids is 1. The van der Waals surface area contributed by atoms with Crippen molar-refractivity contribution in [2.24, 2.45) is 0 Å². The van der Waals surface area contributed by atoms with Gasteiger partial charge < -0.3 is 47.4 Å². The second-order valence-electron chi connectivity index (χ2n) is 8.35. The lowest BCUT2D eigenvalue weighted by Crippen LogP contribution is -2.15. The summed E-state index contributed by atoms with van der Waals surface area (Å²) < 4.78 is 54.5. The molecular weight excluding hydrogens is 512 g/mol. The first-order chi connectivity index (χ1) is 19.2. The number of hydrogen-bond acceptors (Lipinski definition) is 11. The Labute approximate surface area is 233 Å². The van der Waals surface area contributed by atoms with E-state index in [1.807, 2.05) is 13.8 Å². The molecule has 0 aliphatic carbocycles. The fourth-order valence-corrected chi connectivity index (χ4v) is 2.85. The molecule has 11 nitrogen and oxygen atoms in total. The molecule has 226 valence electrons. The Kier molecular flexibility index (Phi) is 25.3. The van der Waals surface area contributed by atoms with Crippen molar-refractivity contribution in [2.45, 2.75) is 20.0 Å². The minimum absolute atomic E-state index is 0.231. The molecule has 0 spiro atoms. The van der Waals surface area contributed by atoms with Crippen LogP contribution in [0.1, 0.15) is 24.2 Å². The highest BCUT2D eigenvalue weighted by molar-refractivity contribution is 5.74. The van der Waals surface area contributed by atoms with Crippen LogP contribution in [0.4, 0.5) is 0 Å². The smallest absolute Gasteiger partial charge is 0.150 e. The average Bonchev–Trinajstić information content (AvgIpc) is 2.94. The maximum Gasteiger partial charge on any atom is 0.150 e. The van der Waals surface area contributed by atoms with Crippen LogP contribution < -0.4 is 4.74 Å². The molecule has 39 heavy (non-hydrogen) atoms. The molecule has 0 radical (unpaired) electrons. The Morgan fingerprint density at radius 3 is 1.10 bits per heavy atom. The van der Waals surface area contributed by atoms with Gasteiger partial charge in [-0.3, -0.25) is 4.79 Å². The van der Waals surface area contributed by atoms with Crippen LogP contribution in [0.15, 0.2) is 24.3 Å². The molecule has 0 N–H and O–H groups in total. The van der Waals surface area contributed by atoms with Crippen LogP contribution in [0.2, 0.25) is 0 Å². The summed E-state index contributed by atoms with van der Waals surface area (Å²) in [6.45, 7) is 13.3. The second-order valence-corrected chi connectivity index (χ2v) is 8.35. The van der Waals surface area contributed by atoms with Crippen molar-refractivity contribution in [1.82, 2.24) is 0 Å². The van der Waals surface area contributed by atoms with E-state index < -0.39 is 0 Å². The van der Waals surface area contributed by atoms with Crippen LogP contribution in [-0.4, -0.2) is 131 Å². The molecule has 1 aromatic rings. The van der Waals surface area contributed by atoms with Crippen LogP contribution >= 0.6 is 0 Å². The number of carbonyl (C=O) groups is 1. The monoisotopic (exact) mass is 560 g/mol.